The molecular formula is C7H14BP. The lowest BCUT2D eigenvalue weighted by molar-refractivity contribution is 0.222. The van der Waals surface area contributed by atoms with Crippen molar-refractivity contribution in [3.8, 4) is 0 Å². The van der Waals surface area contributed by atoms with Crippen LogP contribution in [0.3, 0.4) is 0 Å². The molecule has 1 fully saturated rings. The fourth-order valence-corrected chi connectivity index (χ4v) is 1.99. The molecular weight excluding hydrogens is 126 g/mol. The second-order valence-electron chi connectivity index (χ2n) is 3.65. The van der Waals surface area contributed by atoms with Crippen molar-refractivity contribution in [3.05, 3.63) is 0 Å². The van der Waals surface area contributed by atoms with Crippen LogP contribution < -0.4 is 0 Å². The van der Waals surface area contributed by atoms with Gasteiger partial charge in [0.15, 0.2) is 0 Å². The minimum absolute atomic E-state index is 0.0922. The molecule has 0 nitrogen and oxygen atoms in total. The minimum Gasteiger partial charge on any atom is -0.140 e. The molecule has 0 amide bonds. The zero-order chi connectivity index (χ0) is 7.07. The molecule has 2 heteroatoms. The molecule has 0 bridgehead atoms. The van der Waals surface area contributed by atoms with Crippen LogP contribution in [0.1, 0.15) is 26.7 Å². The second-order valence-corrected chi connectivity index (χ2v) is 4.80. The Morgan fingerprint density at radius 1 is 1.56 bits per heavy atom. The van der Waals surface area contributed by atoms with Gasteiger partial charge in [0, 0.05) is 0 Å². The summed E-state index contributed by atoms with van der Waals surface area (Å²) in [6, 6.07) is 0. The molecule has 1 aliphatic rings. The molecule has 1 aliphatic carbocycles. The lowest BCUT2D eigenvalue weighted by atomic mass is 9.60. The molecule has 0 aromatic rings. The monoisotopic (exact) mass is 140 g/mol. The fraction of sp³-hybridized carbons (Fsp3) is 1.00. The van der Waals surface area contributed by atoms with Crippen molar-refractivity contribution in [1.29, 1.82) is 0 Å². The smallest absolute Gasteiger partial charge is 0.0803 e. The Morgan fingerprint density at radius 2 is 2.00 bits per heavy atom. The number of rotatable bonds is 1. The predicted molar refractivity (Wildman–Crippen MR) is 45.8 cm³/mol. The Morgan fingerprint density at radius 3 is 2.11 bits per heavy atom. The molecule has 1 unspecified atom stereocenters. The normalized spacial score (nSPS) is 42.9. The molecule has 9 heavy (non-hydrogen) atoms. The van der Waals surface area contributed by atoms with E-state index < -0.39 is 0 Å². The molecule has 1 saturated carbocycles. The highest BCUT2D eigenvalue weighted by atomic mass is 31.0. The van der Waals surface area contributed by atoms with Crippen LogP contribution in [0.25, 0.3) is 0 Å². The lowest BCUT2D eigenvalue weighted by Crippen LogP contribution is -2.40. The summed E-state index contributed by atoms with van der Waals surface area (Å²) < 4.78 is 0. The van der Waals surface area contributed by atoms with Gasteiger partial charge in [-0.1, -0.05) is 18.9 Å². The van der Waals surface area contributed by atoms with Crippen molar-refractivity contribution in [3.63, 3.8) is 0 Å². The van der Waals surface area contributed by atoms with Crippen molar-refractivity contribution in [2.24, 2.45) is 11.8 Å². The fourth-order valence-electron chi connectivity index (χ4n) is 1.39. The van der Waals surface area contributed by atoms with Crippen LogP contribution in [0.4, 0.5) is 0 Å². The van der Waals surface area contributed by atoms with Gasteiger partial charge >= 0.3 is 0 Å². The SMILES string of the molecule is [B]C1(P)CC(C(C)C)C1. The van der Waals surface area contributed by atoms with Crippen molar-refractivity contribution < 1.29 is 0 Å². The first-order valence-corrected chi connectivity index (χ1v) is 4.17. The summed E-state index contributed by atoms with van der Waals surface area (Å²) >= 11 is 0. The van der Waals surface area contributed by atoms with Gasteiger partial charge in [0.1, 0.15) is 0 Å². The van der Waals surface area contributed by atoms with Crippen molar-refractivity contribution >= 4 is 17.1 Å². The highest BCUT2D eigenvalue weighted by Crippen LogP contribution is 2.45. The van der Waals surface area contributed by atoms with E-state index in [0.717, 1.165) is 11.8 Å². The predicted octanol–water partition coefficient (Wildman–Crippen LogP) is 1.79. The molecule has 1 rings (SSSR count). The van der Waals surface area contributed by atoms with Gasteiger partial charge in [0.2, 0.25) is 0 Å². The zero-order valence-electron chi connectivity index (χ0n) is 6.22. The van der Waals surface area contributed by atoms with E-state index in [4.69, 9.17) is 7.85 Å². The van der Waals surface area contributed by atoms with Crippen LogP contribution in [-0.4, -0.2) is 12.9 Å². The molecule has 0 saturated heterocycles. The quantitative estimate of drug-likeness (QED) is 0.384. The number of hydrogen-bond acceptors (Lipinski definition) is 0. The summed E-state index contributed by atoms with van der Waals surface area (Å²) in [5.74, 6) is 1.70. The summed E-state index contributed by atoms with van der Waals surface area (Å²) in [7, 11) is 8.54. The Kier molecular flexibility index (Phi) is 1.92. The van der Waals surface area contributed by atoms with E-state index in [2.05, 4.69) is 23.1 Å². The van der Waals surface area contributed by atoms with E-state index in [1.807, 2.05) is 0 Å². The van der Waals surface area contributed by atoms with Crippen molar-refractivity contribution in [2.75, 3.05) is 0 Å². The average Bonchev–Trinajstić information content (AvgIpc) is 1.59. The summed E-state index contributed by atoms with van der Waals surface area (Å²) in [6.07, 6.45) is 2.38. The number of hydrogen-bond donors (Lipinski definition) is 0. The van der Waals surface area contributed by atoms with Gasteiger partial charge in [-0.25, -0.2) is 0 Å². The first kappa shape index (κ1) is 7.60. The Bertz CT molecular complexity index is 101. The van der Waals surface area contributed by atoms with Gasteiger partial charge in [-0.2, -0.15) is 0 Å². The first-order chi connectivity index (χ1) is 4.01. The van der Waals surface area contributed by atoms with E-state index in [1.54, 1.807) is 0 Å². The highest BCUT2D eigenvalue weighted by molar-refractivity contribution is 7.22. The third kappa shape index (κ3) is 1.71. The Labute approximate surface area is 61.4 Å². The molecule has 0 heterocycles. The zero-order valence-corrected chi connectivity index (χ0v) is 7.38. The highest BCUT2D eigenvalue weighted by Gasteiger charge is 2.36. The topological polar surface area (TPSA) is 0 Å². The van der Waals surface area contributed by atoms with Gasteiger partial charge in [-0.05, 0) is 24.7 Å². The van der Waals surface area contributed by atoms with Crippen LogP contribution in [0.15, 0.2) is 0 Å². The third-order valence-corrected chi connectivity index (χ3v) is 2.70. The lowest BCUT2D eigenvalue weighted by Gasteiger charge is -2.45. The molecule has 0 aromatic carbocycles. The molecule has 50 valence electrons. The summed E-state index contributed by atoms with van der Waals surface area (Å²) in [4.78, 5) is 0. The van der Waals surface area contributed by atoms with Gasteiger partial charge in [0.05, 0.1) is 7.85 Å². The van der Waals surface area contributed by atoms with Gasteiger partial charge in [-0.3, -0.25) is 0 Å². The Balaban J connectivity index is 2.27. The van der Waals surface area contributed by atoms with E-state index in [-0.39, 0.29) is 5.06 Å². The maximum Gasteiger partial charge on any atom is 0.0803 e. The summed E-state index contributed by atoms with van der Waals surface area (Å²) in [5, 5.41) is 0.0922. The van der Waals surface area contributed by atoms with E-state index in [1.165, 1.54) is 12.8 Å². The molecule has 0 aliphatic heterocycles. The van der Waals surface area contributed by atoms with Crippen molar-refractivity contribution in [2.45, 2.75) is 31.7 Å². The largest absolute Gasteiger partial charge is 0.140 e. The summed E-state index contributed by atoms with van der Waals surface area (Å²) in [5.41, 5.74) is 0. The molecule has 0 N–H and O–H groups in total. The van der Waals surface area contributed by atoms with Crippen LogP contribution in [-0.2, 0) is 0 Å². The van der Waals surface area contributed by atoms with Gasteiger partial charge < -0.3 is 0 Å². The van der Waals surface area contributed by atoms with E-state index in [0.29, 0.717) is 0 Å². The molecule has 0 aromatic heterocycles. The van der Waals surface area contributed by atoms with Crippen LogP contribution in [0, 0.1) is 11.8 Å². The maximum atomic E-state index is 5.81. The van der Waals surface area contributed by atoms with Crippen LogP contribution in [0.2, 0.25) is 0 Å². The van der Waals surface area contributed by atoms with Gasteiger partial charge in [-0.15, -0.1) is 9.24 Å². The first-order valence-electron chi connectivity index (χ1n) is 3.59. The molecule has 2 radical (unpaired) electrons. The third-order valence-electron chi connectivity index (χ3n) is 2.23. The average molecular weight is 140 g/mol. The van der Waals surface area contributed by atoms with Crippen molar-refractivity contribution in [1.82, 2.24) is 0 Å². The Hall–Kier alpha value is 0.495. The summed E-state index contributed by atoms with van der Waals surface area (Å²) in [6.45, 7) is 4.54. The minimum atomic E-state index is 0.0922. The van der Waals surface area contributed by atoms with Crippen LogP contribution >= 0.6 is 9.24 Å². The molecule has 0 spiro atoms. The second kappa shape index (κ2) is 2.27. The van der Waals surface area contributed by atoms with Gasteiger partial charge in [0.25, 0.3) is 0 Å². The van der Waals surface area contributed by atoms with E-state index >= 15 is 0 Å². The molecule has 1 atom stereocenters. The van der Waals surface area contributed by atoms with Crippen LogP contribution in [0.5, 0.6) is 0 Å². The maximum absolute atomic E-state index is 5.81. The standard InChI is InChI=1S/C7H14BP/c1-5(2)6-3-7(8,9)4-6/h5-6H,3-4,9H2,1-2H3. The van der Waals surface area contributed by atoms with E-state index in [9.17, 15) is 0 Å².